The van der Waals surface area contributed by atoms with Crippen LogP contribution in [0.2, 0.25) is 0 Å². The number of carbonyl (C=O) groups is 2. The summed E-state index contributed by atoms with van der Waals surface area (Å²) in [5, 5.41) is 12.7. The van der Waals surface area contributed by atoms with E-state index < -0.39 is 16.0 Å². The molecule has 0 radical (unpaired) electrons. The molecule has 3 rings (SSSR count). The molecule has 2 heterocycles. The molecule has 0 atom stereocenters. The normalized spacial score (nSPS) is 13.5. The molecule has 0 fully saturated rings. The van der Waals surface area contributed by atoms with Crippen molar-refractivity contribution in [3.63, 3.8) is 0 Å². The Morgan fingerprint density at radius 3 is 2.82 bits per heavy atom. The van der Waals surface area contributed by atoms with Gasteiger partial charge in [-0.1, -0.05) is 12.1 Å². The number of hydrogen-bond donors (Lipinski definition) is 3. The second-order valence-electron chi connectivity index (χ2n) is 4.58. The van der Waals surface area contributed by atoms with Crippen LogP contribution in [0, 0.1) is 0 Å². The van der Waals surface area contributed by atoms with Crippen molar-refractivity contribution < 1.29 is 23.1 Å². The lowest BCUT2D eigenvalue weighted by Gasteiger charge is -2.09. The minimum absolute atomic E-state index is 0.0728. The molecule has 1 aromatic heterocycles. The third-order valence-corrected chi connectivity index (χ3v) is 5.57. The number of hydrogen-bond acceptors (Lipinski definition) is 5. The molecule has 0 bridgehead atoms. The van der Waals surface area contributed by atoms with E-state index in [4.69, 9.17) is 5.11 Å². The van der Waals surface area contributed by atoms with E-state index in [-0.39, 0.29) is 21.4 Å². The average Bonchev–Trinajstić information content (AvgIpc) is 3.07. The number of fused-ring (bicyclic) bond motifs is 1. The van der Waals surface area contributed by atoms with Gasteiger partial charge in [0, 0.05) is 11.9 Å². The lowest BCUT2D eigenvalue weighted by atomic mass is 10.1. The first-order chi connectivity index (χ1) is 10.4. The molecule has 7 nitrogen and oxygen atoms in total. The Morgan fingerprint density at radius 2 is 2.14 bits per heavy atom. The quantitative estimate of drug-likeness (QED) is 0.782. The van der Waals surface area contributed by atoms with Crippen LogP contribution in [0.1, 0.15) is 25.6 Å². The second kappa shape index (κ2) is 5.11. The van der Waals surface area contributed by atoms with Crippen molar-refractivity contribution in [3.05, 3.63) is 45.6 Å². The molecule has 2 aromatic rings. The van der Waals surface area contributed by atoms with Crippen LogP contribution in [-0.2, 0) is 16.6 Å². The van der Waals surface area contributed by atoms with Crippen LogP contribution in [-0.4, -0.2) is 25.4 Å². The monoisotopic (exact) mass is 338 g/mol. The molecule has 3 N–H and O–H groups in total. The van der Waals surface area contributed by atoms with Crippen LogP contribution in [0.15, 0.2) is 34.5 Å². The lowest BCUT2D eigenvalue weighted by molar-refractivity contribution is 0.0701. The number of aromatic carboxylic acids is 1. The van der Waals surface area contributed by atoms with E-state index in [9.17, 15) is 18.0 Å². The molecule has 9 heteroatoms. The Balaban J connectivity index is 1.97. The maximum Gasteiger partial charge on any atom is 0.345 e. The second-order valence-corrected chi connectivity index (χ2v) is 7.17. The van der Waals surface area contributed by atoms with Gasteiger partial charge in [0.1, 0.15) is 4.88 Å². The third-order valence-electron chi connectivity index (χ3n) is 3.16. The Morgan fingerprint density at radius 1 is 1.36 bits per heavy atom. The smallest absolute Gasteiger partial charge is 0.345 e. The summed E-state index contributed by atoms with van der Waals surface area (Å²) >= 11 is 0.823. The van der Waals surface area contributed by atoms with Crippen molar-refractivity contribution in [1.29, 1.82) is 0 Å². The van der Waals surface area contributed by atoms with Crippen LogP contribution in [0.25, 0.3) is 0 Å². The highest BCUT2D eigenvalue weighted by molar-refractivity contribution is 7.92. The van der Waals surface area contributed by atoms with Gasteiger partial charge in [-0.2, -0.15) is 0 Å². The van der Waals surface area contributed by atoms with Crippen LogP contribution in [0.5, 0.6) is 0 Å². The number of sulfonamides is 1. The van der Waals surface area contributed by atoms with Gasteiger partial charge in [0.05, 0.1) is 16.1 Å². The maximum absolute atomic E-state index is 12.3. The van der Waals surface area contributed by atoms with E-state index in [1.807, 2.05) is 0 Å². The highest BCUT2D eigenvalue weighted by atomic mass is 32.2. The minimum Gasteiger partial charge on any atom is -0.477 e. The number of rotatable bonds is 4. The predicted octanol–water partition coefficient (Wildman–Crippen LogP) is 1.49. The Bertz CT molecular complexity index is 886. The van der Waals surface area contributed by atoms with Crippen molar-refractivity contribution in [2.75, 3.05) is 4.72 Å². The maximum atomic E-state index is 12.3. The number of thiophene rings is 1. The summed E-state index contributed by atoms with van der Waals surface area (Å²) in [6, 6.07) is 5.95. The zero-order valence-corrected chi connectivity index (χ0v) is 12.6. The van der Waals surface area contributed by atoms with Crippen LogP contribution < -0.4 is 10.0 Å². The van der Waals surface area contributed by atoms with Crippen molar-refractivity contribution in [2.45, 2.75) is 11.4 Å². The lowest BCUT2D eigenvalue weighted by Crippen LogP contribution is -2.17. The van der Waals surface area contributed by atoms with Gasteiger partial charge in [0.15, 0.2) is 0 Å². The van der Waals surface area contributed by atoms with Crippen LogP contribution >= 0.6 is 11.3 Å². The van der Waals surface area contributed by atoms with Gasteiger partial charge in [0.2, 0.25) is 0 Å². The average molecular weight is 338 g/mol. The van der Waals surface area contributed by atoms with E-state index in [0.29, 0.717) is 17.7 Å². The Kier molecular flexibility index (Phi) is 3.38. The summed E-state index contributed by atoms with van der Waals surface area (Å²) in [6.45, 7) is 0.353. The Hall–Kier alpha value is -2.39. The molecule has 114 valence electrons. The largest absolute Gasteiger partial charge is 0.477 e. The van der Waals surface area contributed by atoms with Gasteiger partial charge < -0.3 is 10.4 Å². The van der Waals surface area contributed by atoms with Gasteiger partial charge in [0.25, 0.3) is 15.9 Å². The molecule has 0 spiro atoms. The molecule has 0 unspecified atom stereocenters. The number of carboxylic acids is 1. The summed E-state index contributed by atoms with van der Waals surface area (Å²) < 4.78 is 27.0. The number of nitrogens with one attached hydrogen (secondary N) is 2. The SMILES string of the molecule is O=C(O)c1cc(S(=O)(=O)Nc2cccc3c2C(=O)NC3)cs1. The molecular weight excluding hydrogens is 328 g/mol. The number of carbonyl (C=O) groups excluding carboxylic acids is 1. The van der Waals surface area contributed by atoms with E-state index >= 15 is 0 Å². The molecular formula is C13H10N2O5S2. The van der Waals surface area contributed by atoms with E-state index in [1.165, 1.54) is 11.4 Å². The number of anilines is 1. The van der Waals surface area contributed by atoms with Gasteiger partial charge >= 0.3 is 5.97 Å². The van der Waals surface area contributed by atoms with Crippen LogP contribution in [0.3, 0.4) is 0 Å². The minimum atomic E-state index is -3.95. The highest BCUT2D eigenvalue weighted by Crippen LogP contribution is 2.27. The molecule has 0 saturated carbocycles. The van der Waals surface area contributed by atoms with Crippen molar-refractivity contribution >= 4 is 38.9 Å². The number of carboxylic acid groups (broad SMARTS) is 1. The molecule has 1 aliphatic heterocycles. The van der Waals surface area contributed by atoms with Crippen molar-refractivity contribution in [1.82, 2.24) is 5.32 Å². The molecule has 1 aromatic carbocycles. The summed E-state index contributed by atoms with van der Waals surface area (Å²) in [4.78, 5) is 22.4. The summed E-state index contributed by atoms with van der Waals surface area (Å²) in [6.07, 6.45) is 0. The fourth-order valence-electron chi connectivity index (χ4n) is 2.14. The zero-order chi connectivity index (χ0) is 15.9. The van der Waals surface area contributed by atoms with E-state index in [2.05, 4.69) is 10.0 Å². The predicted molar refractivity (Wildman–Crippen MR) is 79.7 cm³/mol. The first-order valence-corrected chi connectivity index (χ1v) is 8.49. The Labute approximate surface area is 129 Å². The van der Waals surface area contributed by atoms with Gasteiger partial charge in [-0.3, -0.25) is 9.52 Å². The van der Waals surface area contributed by atoms with Crippen molar-refractivity contribution in [3.8, 4) is 0 Å². The molecule has 1 amide bonds. The highest BCUT2D eigenvalue weighted by Gasteiger charge is 2.26. The summed E-state index contributed by atoms with van der Waals surface area (Å²) in [5.41, 5.74) is 1.18. The third kappa shape index (κ3) is 2.44. The van der Waals surface area contributed by atoms with Crippen molar-refractivity contribution in [2.24, 2.45) is 0 Å². The number of benzene rings is 1. The summed E-state index contributed by atoms with van der Waals surface area (Å²) in [7, 11) is -3.95. The van der Waals surface area contributed by atoms with E-state index in [1.54, 1.807) is 12.1 Å². The first-order valence-electron chi connectivity index (χ1n) is 6.13. The fourth-order valence-corrected chi connectivity index (χ4v) is 4.32. The van der Waals surface area contributed by atoms with Gasteiger partial charge in [-0.15, -0.1) is 11.3 Å². The molecule has 0 aliphatic carbocycles. The standard InChI is InChI=1S/C13H10N2O5S2/c16-12-11-7(5-14-12)2-1-3-9(11)15-22(19,20)8-4-10(13(17)18)21-6-8/h1-4,6,15H,5H2,(H,14,16)(H,17,18). The summed E-state index contributed by atoms with van der Waals surface area (Å²) in [5.74, 6) is -1.53. The zero-order valence-electron chi connectivity index (χ0n) is 11.0. The first kappa shape index (κ1) is 14.5. The van der Waals surface area contributed by atoms with Crippen LogP contribution in [0.4, 0.5) is 5.69 Å². The van der Waals surface area contributed by atoms with Gasteiger partial charge in [-0.25, -0.2) is 13.2 Å². The molecule has 1 aliphatic rings. The molecule has 0 saturated heterocycles. The molecule has 22 heavy (non-hydrogen) atoms. The topological polar surface area (TPSA) is 113 Å². The number of amides is 1. The van der Waals surface area contributed by atoms with E-state index in [0.717, 1.165) is 17.4 Å². The van der Waals surface area contributed by atoms with Gasteiger partial charge in [-0.05, 0) is 17.7 Å². The fraction of sp³-hybridized carbons (Fsp3) is 0.0769.